The molecule has 0 aromatic carbocycles. The van der Waals surface area contributed by atoms with E-state index in [0.29, 0.717) is 30.1 Å². The summed E-state index contributed by atoms with van der Waals surface area (Å²) in [6.07, 6.45) is 2.21. The molecule has 0 amide bonds. The fraction of sp³-hybridized carbons (Fsp3) is 1.00. The van der Waals surface area contributed by atoms with Gasteiger partial charge in [-0.15, -0.1) is 0 Å². The molecule has 1 rings (SSSR count). The van der Waals surface area contributed by atoms with Crippen LogP contribution in [0.2, 0.25) is 0 Å². The summed E-state index contributed by atoms with van der Waals surface area (Å²) in [6.45, 7) is 11.6. The van der Waals surface area contributed by atoms with Crippen molar-refractivity contribution in [2.45, 2.75) is 59.4 Å². The minimum Gasteiger partial charge on any atom is -0.376 e. The number of hydrogen-bond acceptors (Lipinski definition) is 2. The molecule has 0 N–H and O–H groups in total. The molecular weight excluding hydrogens is 176 g/mol. The van der Waals surface area contributed by atoms with Crippen molar-refractivity contribution in [1.82, 2.24) is 0 Å². The summed E-state index contributed by atoms with van der Waals surface area (Å²) >= 11 is 0. The zero-order chi connectivity index (χ0) is 10.7. The Hall–Kier alpha value is -0.0800. The monoisotopic (exact) mass is 200 g/mol. The van der Waals surface area contributed by atoms with Crippen LogP contribution in [0.1, 0.15) is 41.0 Å². The Balaban J connectivity index is 2.41. The van der Waals surface area contributed by atoms with E-state index in [1.807, 2.05) is 0 Å². The summed E-state index contributed by atoms with van der Waals surface area (Å²) in [4.78, 5) is 0. The van der Waals surface area contributed by atoms with Crippen molar-refractivity contribution in [3.8, 4) is 0 Å². The SMILES string of the molecule is CC(C)OC[C@H]1O[C@@H](C)C[C@H]1C(C)C. The zero-order valence-corrected chi connectivity index (χ0v) is 10.1. The van der Waals surface area contributed by atoms with E-state index in [-0.39, 0.29) is 0 Å². The van der Waals surface area contributed by atoms with E-state index in [1.54, 1.807) is 0 Å². The molecule has 14 heavy (non-hydrogen) atoms. The summed E-state index contributed by atoms with van der Waals surface area (Å²) in [7, 11) is 0. The van der Waals surface area contributed by atoms with E-state index in [1.165, 1.54) is 6.42 Å². The Morgan fingerprint density at radius 2 is 1.93 bits per heavy atom. The molecule has 0 aliphatic carbocycles. The molecule has 2 heteroatoms. The second-order valence-electron chi connectivity index (χ2n) is 5.01. The van der Waals surface area contributed by atoms with Crippen molar-refractivity contribution in [2.24, 2.45) is 11.8 Å². The Kier molecular flexibility index (Phi) is 4.39. The van der Waals surface area contributed by atoms with Crippen molar-refractivity contribution in [3.63, 3.8) is 0 Å². The highest BCUT2D eigenvalue weighted by Gasteiger charge is 2.34. The van der Waals surface area contributed by atoms with Gasteiger partial charge in [0.25, 0.3) is 0 Å². The van der Waals surface area contributed by atoms with Gasteiger partial charge in [0.15, 0.2) is 0 Å². The van der Waals surface area contributed by atoms with Crippen LogP contribution in [-0.4, -0.2) is 24.9 Å². The van der Waals surface area contributed by atoms with Crippen LogP contribution >= 0.6 is 0 Å². The molecule has 0 aromatic rings. The lowest BCUT2D eigenvalue weighted by molar-refractivity contribution is -0.0433. The van der Waals surface area contributed by atoms with Gasteiger partial charge in [-0.25, -0.2) is 0 Å². The maximum absolute atomic E-state index is 5.86. The predicted molar refractivity (Wildman–Crippen MR) is 58.4 cm³/mol. The van der Waals surface area contributed by atoms with Crippen LogP contribution < -0.4 is 0 Å². The number of ether oxygens (including phenoxy) is 2. The highest BCUT2D eigenvalue weighted by Crippen LogP contribution is 2.32. The largest absolute Gasteiger partial charge is 0.376 e. The molecule has 0 radical (unpaired) electrons. The van der Waals surface area contributed by atoms with Gasteiger partial charge in [0.05, 0.1) is 24.9 Å². The lowest BCUT2D eigenvalue weighted by Gasteiger charge is -2.22. The van der Waals surface area contributed by atoms with Crippen LogP contribution in [0.4, 0.5) is 0 Å². The van der Waals surface area contributed by atoms with E-state index in [9.17, 15) is 0 Å². The highest BCUT2D eigenvalue weighted by molar-refractivity contribution is 4.82. The van der Waals surface area contributed by atoms with Gasteiger partial charge >= 0.3 is 0 Å². The lowest BCUT2D eigenvalue weighted by atomic mass is 9.88. The van der Waals surface area contributed by atoms with Gasteiger partial charge in [0, 0.05) is 0 Å². The highest BCUT2D eigenvalue weighted by atomic mass is 16.5. The molecule has 0 unspecified atom stereocenters. The standard InChI is InChI=1S/C12H24O2/c1-8(2)11-6-10(5)14-12(11)7-13-9(3)4/h8-12H,6-7H2,1-5H3/t10-,11-,12+/m0/s1. The fourth-order valence-electron chi connectivity index (χ4n) is 2.14. The Bertz CT molecular complexity index is 166. The van der Waals surface area contributed by atoms with Gasteiger partial charge in [-0.3, -0.25) is 0 Å². The van der Waals surface area contributed by atoms with Gasteiger partial charge in [-0.2, -0.15) is 0 Å². The summed E-state index contributed by atoms with van der Waals surface area (Å²) < 4.78 is 11.5. The van der Waals surface area contributed by atoms with Gasteiger partial charge in [-0.05, 0) is 39.0 Å². The van der Waals surface area contributed by atoms with Crippen molar-refractivity contribution in [3.05, 3.63) is 0 Å². The quantitative estimate of drug-likeness (QED) is 0.694. The Morgan fingerprint density at radius 3 is 2.43 bits per heavy atom. The second-order valence-corrected chi connectivity index (χ2v) is 5.01. The first kappa shape index (κ1) is 12.0. The molecule has 0 spiro atoms. The minimum atomic E-state index is 0.308. The fourth-order valence-corrected chi connectivity index (χ4v) is 2.14. The van der Waals surface area contributed by atoms with Crippen LogP contribution in [0.25, 0.3) is 0 Å². The van der Waals surface area contributed by atoms with Crippen molar-refractivity contribution in [1.29, 1.82) is 0 Å². The normalized spacial score (nSPS) is 33.2. The van der Waals surface area contributed by atoms with Gasteiger partial charge < -0.3 is 9.47 Å². The molecule has 0 aromatic heterocycles. The maximum atomic E-state index is 5.86. The topological polar surface area (TPSA) is 18.5 Å². The summed E-state index contributed by atoms with van der Waals surface area (Å²) in [5.41, 5.74) is 0. The molecule has 3 atom stereocenters. The predicted octanol–water partition coefficient (Wildman–Crippen LogP) is 2.86. The van der Waals surface area contributed by atoms with Crippen LogP contribution in [0.15, 0.2) is 0 Å². The molecule has 84 valence electrons. The molecule has 2 nitrogen and oxygen atoms in total. The first-order valence-corrected chi connectivity index (χ1v) is 5.77. The first-order chi connectivity index (χ1) is 6.50. The molecular formula is C12H24O2. The van der Waals surface area contributed by atoms with Crippen molar-refractivity contribution < 1.29 is 9.47 Å². The Morgan fingerprint density at radius 1 is 1.29 bits per heavy atom. The Labute approximate surface area is 88.0 Å². The van der Waals surface area contributed by atoms with Gasteiger partial charge in [0.1, 0.15) is 0 Å². The number of rotatable bonds is 4. The molecule has 0 saturated carbocycles. The molecule has 0 bridgehead atoms. The smallest absolute Gasteiger partial charge is 0.0843 e. The molecule has 1 aliphatic heterocycles. The van der Waals surface area contributed by atoms with Gasteiger partial charge in [0.2, 0.25) is 0 Å². The lowest BCUT2D eigenvalue weighted by Crippen LogP contribution is -2.27. The summed E-state index contributed by atoms with van der Waals surface area (Å²) in [5.74, 6) is 1.37. The average molecular weight is 200 g/mol. The van der Waals surface area contributed by atoms with Crippen LogP contribution in [0.3, 0.4) is 0 Å². The zero-order valence-electron chi connectivity index (χ0n) is 10.1. The third-order valence-corrected chi connectivity index (χ3v) is 2.94. The van der Waals surface area contributed by atoms with E-state index in [0.717, 1.165) is 6.61 Å². The van der Waals surface area contributed by atoms with Crippen LogP contribution in [-0.2, 0) is 9.47 Å². The molecule has 1 aliphatic rings. The molecule has 1 fully saturated rings. The summed E-state index contributed by atoms with van der Waals surface area (Å²) in [6, 6.07) is 0. The average Bonchev–Trinajstić information content (AvgIpc) is 2.43. The van der Waals surface area contributed by atoms with E-state index in [4.69, 9.17) is 9.47 Å². The van der Waals surface area contributed by atoms with Crippen molar-refractivity contribution in [2.75, 3.05) is 6.61 Å². The molecule has 1 saturated heterocycles. The molecule has 1 heterocycles. The van der Waals surface area contributed by atoms with E-state index in [2.05, 4.69) is 34.6 Å². The maximum Gasteiger partial charge on any atom is 0.0843 e. The first-order valence-electron chi connectivity index (χ1n) is 5.77. The van der Waals surface area contributed by atoms with Crippen molar-refractivity contribution >= 4 is 0 Å². The van der Waals surface area contributed by atoms with E-state index >= 15 is 0 Å². The van der Waals surface area contributed by atoms with Gasteiger partial charge in [-0.1, -0.05) is 13.8 Å². The van der Waals surface area contributed by atoms with Crippen LogP contribution in [0.5, 0.6) is 0 Å². The summed E-state index contributed by atoms with van der Waals surface area (Å²) in [5, 5.41) is 0. The minimum absolute atomic E-state index is 0.308. The third-order valence-electron chi connectivity index (χ3n) is 2.94. The van der Waals surface area contributed by atoms with E-state index < -0.39 is 0 Å². The number of hydrogen-bond donors (Lipinski definition) is 0. The van der Waals surface area contributed by atoms with Crippen LogP contribution in [0, 0.1) is 11.8 Å². The third kappa shape index (κ3) is 3.25. The second kappa shape index (κ2) is 5.13.